The van der Waals surface area contributed by atoms with Gasteiger partial charge in [0.2, 0.25) is 0 Å². The molecule has 4 heteroatoms. The Hall–Kier alpha value is -1.81. The summed E-state index contributed by atoms with van der Waals surface area (Å²) >= 11 is 0. The van der Waals surface area contributed by atoms with Crippen LogP contribution in [0, 0.1) is 0 Å². The normalized spacial score (nSPS) is 21.5. The van der Waals surface area contributed by atoms with Gasteiger partial charge in [0.1, 0.15) is 12.4 Å². The number of likely N-dealkylation sites (tertiary alicyclic amines) is 2. The van der Waals surface area contributed by atoms with Gasteiger partial charge in [0, 0.05) is 24.7 Å². The van der Waals surface area contributed by atoms with Crippen molar-refractivity contribution < 1.29 is 9.53 Å². The van der Waals surface area contributed by atoms with Crippen LogP contribution in [-0.4, -0.2) is 54.5 Å². The van der Waals surface area contributed by atoms with E-state index in [1.165, 1.54) is 45.2 Å². The summed E-state index contributed by atoms with van der Waals surface area (Å²) < 4.78 is 5.52. The van der Waals surface area contributed by atoms with E-state index in [0.29, 0.717) is 12.6 Å². The van der Waals surface area contributed by atoms with Crippen molar-refractivity contribution in [1.82, 2.24) is 9.80 Å². The maximum Gasteiger partial charge on any atom is 0.254 e. The van der Waals surface area contributed by atoms with Crippen molar-refractivity contribution in [3.05, 3.63) is 42.5 Å². The number of hydrogen-bond acceptors (Lipinski definition) is 3. The highest BCUT2D eigenvalue weighted by Crippen LogP contribution is 2.24. The van der Waals surface area contributed by atoms with E-state index in [4.69, 9.17) is 4.74 Å². The summed E-state index contributed by atoms with van der Waals surface area (Å²) in [6, 6.07) is 7.92. The van der Waals surface area contributed by atoms with Crippen molar-refractivity contribution in [3.63, 3.8) is 0 Å². The first-order valence-corrected chi connectivity index (χ1v) is 10.6. The quantitative estimate of drug-likeness (QED) is 0.662. The third kappa shape index (κ3) is 5.83. The van der Waals surface area contributed by atoms with Gasteiger partial charge in [-0.15, -0.1) is 0 Å². The van der Waals surface area contributed by atoms with E-state index in [-0.39, 0.29) is 5.91 Å². The van der Waals surface area contributed by atoms with Gasteiger partial charge < -0.3 is 14.5 Å². The van der Waals surface area contributed by atoms with Gasteiger partial charge in [-0.3, -0.25) is 4.79 Å². The smallest absolute Gasteiger partial charge is 0.254 e. The van der Waals surface area contributed by atoms with E-state index in [9.17, 15) is 4.79 Å². The summed E-state index contributed by atoms with van der Waals surface area (Å²) in [5.74, 6) is 0.952. The van der Waals surface area contributed by atoms with E-state index in [1.807, 2.05) is 24.3 Å². The van der Waals surface area contributed by atoms with E-state index < -0.39 is 0 Å². The summed E-state index contributed by atoms with van der Waals surface area (Å²) in [6.45, 7) is 8.62. The van der Waals surface area contributed by atoms with Crippen LogP contribution in [0.15, 0.2) is 36.9 Å². The monoisotopic (exact) mass is 370 g/mol. The molecule has 0 radical (unpaired) electrons. The molecule has 0 spiro atoms. The van der Waals surface area contributed by atoms with Crippen LogP contribution in [0.2, 0.25) is 0 Å². The second-order valence-corrected chi connectivity index (χ2v) is 7.82. The summed E-state index contributed by atoms with van der Waals surface area (Å²) in [6.07, 6.45) is 11.7. The molecule has 0 aromatic heterocycles. The molecule has 2 aliphatic heterocycles. The fourth-order valence-electron chi connectivity index (χ4n) is 4.27. The van der Waals surface area contributed by atoms with E-state index in [2.05, 4.69) is 16.4 Å². The number of benzene rings is 1. The molecule has 0 saturated carbocycles. The predicted octanol–water partition coefficient (Wildman–Crippen LogP) is 4.51. The molecule has 2 aliphatic rings. The first-order chi connectivity index (χ1) is 13.3. The first kappa shape index (κ1) is 19.9. The van der Waals surface area contributed by atoms with Gasteiger partial charge in [0.05, 0.1) is 0 Å². The lowest BCUT2D eigenvalue weighted by Gasteiger charge is -2.37. The Bertz CT molecular complexity index is 591. The molecule has 0 bridgehead atoms. The highest BCUT2D eigenvalue weighted by atomic mass is 16.5. The molecule has 0 unspecified atom stereocenters. The Labute approximate surface area is 164 Å². The van der Waals surface area contributed by atoms with Crippen LogP contribution in [0.4, 0.5) is 0 Å². The molecule has 148 valence electrons. The molecule has 2 heterocycles. The fraction of sp³-hybridized carbons (Fsp3) is 0.609. The zero-order valence-corrected chi connectivity index (χ0v) is 16.6. The van der Waals surface area contributed by atoms with Crippen molar-refractivity contribution in [2.45, 2.75) is 57.4 Å². The van der Waals surface area contributed by atoms with Crippen molar-refractivity contribution in [1.29, 1.82) is 0 Å². The molecule has 4 nitrogen and oxygen atoms in total. The van der Waals surface area contributed by atoms with Gasteiger partial charge in [-0.1, -0.05) is 25.5 Å². The largest absolute Gasteiger partial charge is 0.490 e. The van der Waals surface area contributed by atoms with Gasteiger partial charge in [-0.25, -0.2) is 0 Å². The lowest BCUT2D eigenvalue weighted by Crippen LogP contribution is -2.45. The van der Waals surface area contributed by atoms with Crippen molar-refractivity contribution in [2.24, 2.45) is 0 Å². The molecule has 1 atom stereocenters. The molecule has 0 aliphatic carbocycles. The van der Waals surface area contributed by atoms with Gasteiger partial charge >= 0.3 is 0 Å². The summed E-state index contributed by atoms with van der Waals surface area (Å²) in [5.41, 5.74) is 0.766. The lowest BCUT2D eigenvalue weighted by molar-refractivity contribution is 0.0584. The highest BCUT2D eigenvalue weighted by molar-refractivity contribution is 5.94. The van der Waals surface area contributed by atoms with Crippen molar-refractivity contribution in [2.75, 3.05) is 32.8 Å². The second-order valence-electron chi connectivity index (χ2n) is 7.82. The molecular formula is C23H34N2O2. The Morgan fingerprint density at radius 2 is 1.74 bits per heavy atom. The van der Waals surface area contributed by atoms with E-state index in [1.54, 1.807) is 6.08 Å². The Balaban J connectivity index is 1.58. The highest BCUT2D eigenvalue weighted by Gasteiger charge is 2.27. The standard InChI is InChI=1S/C23H34N2O2/c1-2-19-27-22-12-10-20(11-13-22)23(26)25-17-8-5-9-21(25)14-18-24-15-6-3-4-7-16-24/h2,10-13,21H,1,3-9,14-19H2/t21-/m1/s1. The molecular weight excluding hydrogens is 336 g/mol. The average molecular weight is 371 g/mol. The third-order valence-electron chi connectivity index (χ3n) is 5.83. The molecule has 0 N–H and O–H groups in total. The Kier molecular flexibility index (Phi) is 7.76. The topological polar surface area (TPSA) is 32.8 Å². The maximum absolute atomic E-state index is 13.1. The van der Waals surface area contributed by atoms with Crippen LogP contribution in [0.1, 0.15) is 61.7 Å². The van der Waals surface area contributed by atoms with Crippen LogP contribution in [0.3, 0.4) is 0 Å². The van der Waals surface area contributed by atoms with Crippen molar-refractivity contribution in [3.8, 4) is 5.75 Å². The van der Waals surface area contributed by atoms with Gasteiger partial charge in [-0.2, -0.15) is 0 Å². The summed E-state index contributed by atoms with van der Waals surface area (Å²) in [4.78, 5) is 17.8. The maximum atomic E-state index is 13.1. The number of carbonyl (C=O) groups is 1. The SMILES string of the molecule is C=CCOc1ccc(C(=O)N2CCCC[C@@H]2CCN2CCCCCC2)cc1. The number of hydrogen-bond donors (Lipinski definition) is 0. The van der Waals surface area contributed by atoms with Crippen LogP contribution < -0.4 is 4.74 Å². The first-order valence-electron chi connectivity index (χ1n) is 10.6. The molecule has 3 rings (SSSR count). The Morgan fingerprint density at radius 1 is 1.04 bits per heavy atom. The average Bonchev–Trinajstić information content (AvgIpc) is 3.00. The Morgan fingerprint density at radius 3 is 2.44 bits per heavy atom. The van der Waals surface area contributed by atoms with Crippen LogP contribution in [0.25, 0.3) is 0 Å². The second kappa shape index (κ2) is 10.5. The number of carbonyl (C=O) groups excluding carboxylic acids is 1. The summed E-state index contributed by atoms with van der Waals surface area (Å²) in [7, 11) is 0. The van der Waals surface area contributed by atoms with Crippen LogP contribution in [0.5, 0.6) is 5.75 Å². The zero-order chi connectivity index (χ0) is 18.9. The summed E-state index contributed by atoms with van der Waals surface area (Å²) in [5, 5.41) is 0. The van der Waals surface area contributed by atoms with Crippen LogP contribution in [-0.2, 0) is 0 Å². The van der Waals surface area contributed by atoms with E-state index >= 15 is 0 Å². The van der Waals surface area contributed by atoms with Crippen LogP contribution >= 0.6 is 0 Å². The van der Waals surface area contributed by atoms with Gasteiger partial charge in [0.25, 0.3) is 5.91 Å². The van der Waals surface area contributed by atoms with Gasteiger partial charge in [0.15, 0.2) is 0 Å². The predicted molar refractivity (Wildman–Crippen MR) is 110 cm³/mol. The van der Waals surface area contributed by atoms with E-state index in [0.717, 1.165) is 43.7 Å². The molecule has 27 heavy (non-hydrogen) atoms. The molecule has 2 saturated heterocycles. The number of piperidine rings is 1. The van der Waals surface area contributed by atoms with Gasteiger partial charge in [-0.05, 0) is 75.9 Å². The minimum absolute atomic E-state index is 0.172. The van der Waals surface area contributed by atoms with Crippen molar-refractivity contribution >= 4 is 5.91 Å². The number of ether oxygens (including phenoxy) is 1. The number of rotatable bonds is 7. The molecule has 1 aromatic carbocycles. The zero-order valence-electron chi connectivity index (χ0n) is 16.6. The molecule has 2 fully saturated rings. The fourth-order valence-corrected chi connectivity index (χ4v) is 4.27. The minimum atomic E-state index is 0.172. The number of nitrogens with zero attached hydrogens (tertiary/aromatic N) is 2. The molecule has 1 aromatic rings. The number of amides is 1. The molecule has 1 amide bonds. The lowest BCUT2D eigenvalue weighted by atomic mass is 9.97. The minimum Gasteiger partial charge on any atom is -0.490 e. The third-order valence-corrected chi connectivity index (χ3v) is 5.83.